The second-order valence-corrected chi connectivity index (χ2v) is 4.53. The zero-order chi connectivity index (χ0) is 12.7. The molecule has 0 saturated carbocycles. The van der Waals surface area contributed by atoms with Crippen molar-refractivity contribution in [2.75, 3.05) is 6.61 Å². The summed E-state index contributed by atoms with van der Waals surface area (Å²) in [6.07, 6.45) is 2.54. The highest BCUT2D eigenvalue weighted by Gasteiger charge is 2.00. The maximum Gasteiger partial charge on any atom is 0.303 e. The number of aliphatic carboxylic acids is 1. The van der Waals surface area contributed by atoms with E-state index < -0.39 is 5.97 Å². The summed E-state index contributed by atoms with van der Waals surface area (Å²) in [7, 11) is 0. The maximum atomic E-state index is 10.3. The molecule has 0 saturated heterocycles. The summed E-state index contributed by atoms with van der Waals surface area (Å²) in [4.78, 5) is 10.3. The van der Waals surface area contributed by atoms with Crippen LogP contribution in [0.1, 0.15) is 25.7 Å². The highest BCUT2D eigenvalue weighted by Crippen LogP contribution is 2.24. The lowest BCUT2D eigenvalue weighted by atomic mass is 10.2. The molecule has 0 radical (unpaired) electrons. The van der Waals surface area contributed by atoms with E-state index in [-0.39, 0.29) is 6.42 Å². The molecule has 0 aliphatic rings. The average molecular weight is 277 g/mol. The minimum absolute atomic E-state index is 0.211. The molecule has 0 aromatic heterocycles. The van der Waals surface area contributed by atoms with Gasteiger partial charge in [-0.05, 0) is 37.5 Å². The van der Waals surface area contributed by atoms with Gasteiger partial charge in [-0.15, -0.1) is 0 Å². The van der Waals surface area contributed by atoms with Crippen molar-refractivity contribution in [1.82, 2.24) is 0 Å². The fourth-order valence-electron chi connectivity index (χ4n) is 1.36. The average Bonchev–Trinajstić information content (AvgIpc) is 2.21. The van der Waals surface area contributed by atoms with Gasteiger partial charge >= 0.3 is 5.97 Å². The molecule has 0 aliphatic carbocycles. The lowest BCUT2D eigenvalue weighted by Gasteiger charge is -2.06. The summed E-state index contributed by atoms with van der Waals surface area (Å²) in [6, 6.07) is 5.04. The molecule has 5 heteroatoms. The third-order valence-corrected chi connectivity index (χ3v) is 2.58. The van der Waals surface area contributed by atoms with Gasteiger partial charge in [0.25, 0.3) is 0 Å². The van der Waals surface area contributed by atoms with Gasteiger partial charge < -0.3 is 9.84 Å². The number of unbranched alkanes of at least 4 members (excludes halogenated alkanes) is 2. The molecule has 1 aromatic carbocycles. The van der Waals surface area contributed by atoms with Gasteiger partial charge in [0.1, 0.15) is 5.75 Å². The van der Waals surface area contributed by atoms with E-state index in [4.69, 9.17) is 33.0 Å². The van der Waals surface area contributed by atoms with Crippen LogP contribution in [0.5, 0.6) is 5.75 Å². The van der Waals surface area contributed by atoms with E-state index in [1.807, 2.05) is 0 Å². The van der Waals surface area contributed by atoms with Gasteiger partial charge in [0.2, 0.25) is 0 Å². The Morgan fingerprint density at radius 2 is 1.76 bits per heavy atom. The van der Waals surface area contributed by atoms with Crippen LogP contribution in [0.2, 0.25) is 10.0 Å². The first-order valence-corrected chi connectivity index (χ1v) is 6.14. The molecule has 3 nitrogen and oxygen atoms in total. The largest absolute Gasteiger partial charge is 0.493 e. The summed E-state index contributed by atoms with van der Waals surface area (Å²) < 4.78 is 5.46. The Balaban J connectivity index is 2.20. The second kappa shape index (κ2) is 7.41. The summed E-state index contributed by atoms with van der Waals surface area (Å²) in [5.41, 5.74) is 0. The van der Waals surface area contributed by atoms with Gasteiger partial charge in [-0.1, -0.05) is 23.2 Å². The van der Waals surface area contributed by atoms with Crippen molar-refractivity contribution in [2.24, 2.45) is 0 Å². The molecule has 0 aliphatic heterocycles. The molecule has 0 fully saturated rings. The SMILES string of the molecule is O=C(O)CCCCCOc1cc(Cl)cc(Cl)c1. The van der Waals surface area contributed by atoms with Crippen molar-refractivity contribution in [1.29, 1.82) is 0 Å². The smallest absolute Gasteiger partial charge is 0.303 e. The van der Waals surface area contributed by atoms with Crippen LogP contribution < -0.4 is 4.74 Å². The lowest BCUT2D eigenvalue weighted by molar-refractivity contribution is -0.137. The van der Waals surface area contributed by atoms with Crippen LogP contribution in [0.4, 0.5) is 0 Å². The van der Waals surface area contributed by atoms with E-state index in [0.717, 1.165) is 12.8 Å². The van der Waals surface area contributed by atoms with Crippen LogP contribution >= 0.6 is 23.2 Å². The lowest BCUT2D eigenvalue weighted by Crippen LogP contribution is -1.99. The zero-order valence-electron chi connectivity index (χ0n) is 9.29. The molecule has 1 rings (SSSR count). The first-order chi connectivity index (χ1) is 8.08. The summed E-state index contributed by atoms with van der Waals surface area (Å²) in [5, 5.41) is 9.53. The van der Waals surface area contributed by atoms with Gasteiger partial charge in [-0.3, -0.25) is 4.79 Å². The fraction of sp³-hybridized carbons (Fsp3) is 0.417. The predicted octanol–water partition coefficient (Wildman–Crippen LogP) is 4.02. The monoisotopic (exact) mass is 276 g/mol. The summed E-state index contributed by atoms with van der Waals surface area (Å²) in [6.45, 7) is 0.538. The standard InChI is InChI=1S/C12H14Cl2O3/c13-9-6-10(14)8-11(7-9)17-5-3-1-2-4-12(15)16/h6-8H,1-5H2,(H,15,16). The van der Waals surface area contributed by atoms with Crippen molar-refractivity contribution in [2.45, 2.75) is 25.7 Å². The highest BCUT2D eigenvalue weighted by molar-refractivity contribution is 6.34. The molecule has 0 heterocycles. The van der Waals surface area contributed by atoms with E-state index >= 15 is 0 Å². The molecule has 1 aromatic rings. The van der Waals surface area contributed by atoms with Gasteiger partial charge in [0.05, 0.1) is 6.61 Å². The van der Waals surface area contributed by atoms with Gasteiger partial charge in [-0.25, -0.2) is 0 Å². The highest BCUT2D eigenvalue weighted by atomic mass is 35.5. The van der Waals surface area contributed by atoms with Crippen molar-refractivity contribution >= 4 is 29.2 Å². The van der Waals surface area contributed by atoms with Gasteiger partial charge in [0, 0.05) is 16.5 Å². The number of rotatable bonds is 7. The molecule has 17 heavy (non-hydrogen) atoms. The van der Waals surface area contributed by atoms with E-state index in [2.05, 4.69) is 0 Å². The normalized spacial score (nSPS) is 10.2. The number of ether oxygens (including phenoxy) is 1. The number of carboxylic acids is 1. The topological polar surface area (TPSA) is 46.5 Å². The van der Waals surface area contributed by atoms with Crippen LogP contribution in [-0.4, -0.2) is 17.7 Å². The Morgan fingerprint density at radius 1 is 1.12 bits per heavy atom. The van der Waals surface area contributed by atoms with E-state index in [1.54, 1.807) is 18.2 Å². The zero-order valence-corrected chi connectivity index (χ0v) is 10.8. The van der Waals surface area contributed by atoms with Crippen LogP contribution in [0.3, 0.4) is 0 Å². The number of hydrogen-bond acceptors (Lipinski definition) is 2. The van der Waals surface area contributed by atoms with Crippen LogP contribution in [0.25, 0.3) is 0 Å². The molecule has 1 N–H and O–H groups in total. The van der Waals surface area contributed by atoms with Gasteiger partial charge in [-0.2, -0.15) is 0 Å². The van der Waals surface area contributed by atoms with Gasteiger partial charge in [0.15, 0.2) is 0 Å². The molecule has 0 spiro atoms. The Bertz CT molecular complexity index is 360. The quantitative estimate of drug-likeness (QED) is 0.766. The maximum absolute atomic E-state index is 10.3. The van der Waals surface area contributed by atoms with Crippen LogP contribution in [0.15, 0.2) is 18.2 Å². The molecule has 0 bridgehead atoms. The van der Waals surface area contributed by atoms with E-state index in [1.165, 1.54) is 0 Å². The summed E-state index contributed by atoms with van der Waals surface area (Å²) >= 11 is 11.6. The number of halogens is 2. The second-order valence-electron chi connectivity index (χ2n) is 3.66. The minimum Gasteiger partial charge on any atom is -0.493 e. The Morgan fingerprint density at radius 3 is 2.35 bits per heavy atom. The van der Waals surface area contributed by atoms with E-state index in [0.29, 0.717) is 28.8 Å². The number of carboxylic acid groups (broad SMARTS) is 1. The van der Waals surface area contributed by atoms with Crippen LogP contribution in [-0.2, 0) is 4.79 Å². The first-order valence-electron chi connectivity index (χ1n) is 5.38. The molecule has 0 unspecified atom stereocenters. The van der Waals surface area contributed by atoms with Crippen molar-refractivity contribution in [3.05, 3.63) is 28.2 Å². The Labute approximate surface area is 110 Å². The number of carbonyl (C=O) groups is 1. The first kappa shape index (κ1) is 14.1. The number of benzene rings is 1. The fourth-order valence-corrected chi connectivity index (χ4v) is 1.86. The Kier molecular flexibility index (Phi) is 6.16. The molecule has 0 amide bonds. The minimum atomic E-state index is -0.757. The van der Waals surface area contributed by atoms with Crippen molar-refractivity contribution in [3.8, 4) is 5.75 Å². The summed E-state index contributed by atoms with van der Waals surface area (Å²) in [5.74, 6) is -0.117. The molecular weight excluding hydrogens is 263 g/mol. The van der Waals surface area contributed by atoms with Crippen molar-refractivity contribution < 1.29 is 14.6 Å². The molecule has 94 valence electrons. The third-order valence-electron chi connectivity index (χ3n) is 2.14. The predicted molar refractivity (Wildman–Crippen MR) is 68.1 cm³/mol. The molecular formula is C12H14Cl2O3. The molecule has 0 atom stereocenters. The van der Waals surface area contributed by atoms with E-state index in [9.17, 15) is 4.79 Å². The third kappa shape index (κ3) is 6.39. The van der Waals surface area contributed by atoms with Crippen LogP contribution in [0, 0.1) is 0 Å². The number of hydrogen-bond donors (Lipinski definition) is 1. The van der Waals surface area contributed by atoms with Crippen molar-refractivity contribution in [3.63, 3.8) is 0 Å². The Hall–Kier alpha value is -0.930.